The molecule has 0 saturated carbocycles. The van der Waals surface area contributed by atoms with E-state index in [2.05, 4.69) is 25.8 Å². The number of rotatable bonds is 7. The van der Waals surface area contributed by atoms with Crippen molar-refractivity contribution in [2.24, 2.45) is 7.05 Å². The van der Waals surface area contributed by atoms with Crippen molar-refractivity contribution in [1.29, 1.82) is 0 Å². The second-order valence-electron chi connectivity index (χ2n) is 6.72. The van der Waals surface area contributed by atoms with Gasteiger partial charge in [0.2, 0.25) is 11.8 Å². The molecule has 2 heterocycles. The topological polar surface area (TPSA) is 102 Å². The molecule has 0 aliphatic carbocycles. The number of anilines is 2. The number of halogens is 2. The highest BCUT2D eigenvalue weighted by molar-refractivity contribution is 8.00. The Hall–Kier alpha value is -2.14. The zero-order chi connectivity index (χ0) is 22.7. The van der Waals surface area contributed by atoms with Crippen molar-refractivity contribution >= 4 is 68.9 Å². The van der Waals surface area contributed by atoms with E-state index in [1.165, 1.54) is 23.1 Å². The largest absolute Gasteiger partial charge is 0.326 e. The maximum absolute atomic E-state index is 12.5. The lowest BCUT2D eigenvalue weighted by Crippen LogP contribution is -2.23. The third kappa shape index (κ3) is 5.97. The lowest BCUT2D eigenvalue weighted by Gasteiger charge is -2.10. The first-order chi connectivity index (χ1) is 14.6. The van der Waals surface area contributed by atoms with Crippen LogP contribution in [-0.2, 0) is 23.1 Å². The quantitative estimate of drug-likeness (QED) is 0.465. The van der Waals surface area contributed by atoms with Gasteiger partial charge in [0.05, 0.1) is 27.4 Å². The van der Waals surface area contributed by atoms with Gasteiger partial charge < -0.3 is 15.2 Å². The zero-order valence-electron chi connectivity index (χ0n) is 17.2. The summed E-state index contributed by atoms with van der Waals surface area (Å²) in [5, 5.41) is 15.2. The second-order valence-corrected chi connectivity index (χ2v) is 10.0. The number of hydrogen-bond donors (Lipinski definition) is 2. The van der Waals surface area contributed by atoms with Gasteiger partial charge in [0, 0.05) is 17.6 Å². The van der Waals surface area contributed by atoms with Crippen LogP contribution in [0.3, 0.4) is 0 Å². The van der Waals surface area contributed by atoms with E-state index in [1.54, 1.807) is 36.7 Å². The summed E-state index contributed by atoms with van der Waals surface area (Å²) in [6.45, 7) is 5.64. The molecule has 8 nitrogen and oxygen atoms in total. The maximum Gasteiger partial charge on any atom is 0.239 e. The first kappa shape index (κ1) is 23.5. The fraction of sp³-hybridized carbons (Fsp3) is 0.316. The molecule has 0 aliphatic rings. The van der Waals surface area contributed by atoms with E-state index in [4.69, 9.17) is 23.2 Å². The standard InChI is InChI=1S/C19H20Cl2N6O2S2/c1-9-10(2)30-18(22-9)24-17(29)11(3)31-19-26-25-15(27(19)4)8-16(28)23-12-5-6-13(20)14(21)7-12/h5-7,11H,8H2,1-4H3,(H,23,28)(H,22,24,29)/t11-/m0/s1. The van der Waals surface area contributed by atoms with Crippen molar-refractivity contribution in [1.82, 2.24) is 19.7 Å². The van der Waals surface area contributed by atoms with E-state index in [0.717, 1.165) is 10.6 Å². The van der Waals surface area contributed by atoms with Crippen LogP contribution in [0.1, 0.15) is 23.3 Å². The SMILES string of the molecule is Cc1nc(NC(=O)[C@H](C)Sc2nnc(CC(=O)Nc3ccc(Cl)c(Cl)c3)n2C)sc1C. The molecule has 0 fully saturated rings. The van der Waals surface area contributed by atoms with Gasteiger partial charge >= 0.3 is 0 Å². The summed E-state index contributed by atoms with van der Waals surface area (Å²) in [7, 11) is 1.75. The molecule has 1 atom stereocenters. The van der Waals surface area contributed by atoms with E-state index in [1.807, 2.05) is 13.8 Å². The van der Waals surface area contributed by atoms with E-state index in [0.29, 0.717) is 31.8 Å². The molecule has 0 aliphatic heterocycles. The lowest BCUT2D eigenvalue weighted by molar-refractivity contribution is -0.116. The summed E-state index contributed by atoms with van der Waals surface area (Å²) < 4.78 is 1.69. The predicted octanol–water partition coefficient (Wildman–Crippen LogP) is 4.50. The molecule has 1 aromatic carbocycles. The molecule has 0 radical (unpaired) electrons. The van der Waals surface area contributed by atoms with Crippen molar-refractivity contribution < 1.29 is 9.59 Å². The van der Waals surface area contributed by atoms with Gasteiger partial charge in [-0.05, 0) is 39.0 Å². The van der Waals surface area contributed by atoms with Gasteiger partial charge in [-0.15, -0.1) is 21.5 Å². The van der Waals surface area contributed by atoms with Gasteiger partial charge in [0.25, 0.3) is 0 Å². The summed E-state index contributed by atoms with van der Waals surface area (Å²) in [5.74, 6) is 0.0187. The van der Waals surface area contributed by atoms with Crippen molar-refractivity contribution in [3.63, 3.8) is 0 Å². The summed E-state index contributed by atoms with van der Waals surface area (Å²) in [6, 6.07) is 4.85. The number of nitrogens with zero attached hydrogens (tertiary/aromatic N) is 4. The number of thiazole rings is 1. The number of aromatic nitrogens is 4. The first-order valence-corrected chi connectivity index (χ1v) is 11.6. The molecular formula is C19H20Cl2N6O2S2. The minimum Gasteiger partial charge on any atom is -0.326 e. The minimum atomic E-state index is -0.426. The Morgan fingerprint density at radius 1 is 1.19 bits per heavy atom. The molecule has 2 aromatic heterocycles. The van der Waals surface area contributed by atoms with Crippen LogP contribution >= 0.6 is 46.3 Å². The number of benzene rings is 1. The summed E-state index contributed by atoms with van der Waals surface area (Å²) in [6.07, 6.45) is 0.0164. The summed E-state index contributed by atoms with van der Waals surface area (Å²) in [5.41, 5.74) is 1.44. The van der Waals surface area contributed by atoms with Gasteiger partial charge in [-0.1, -0.05) is 35.0 Å². The molecule has 12 heteroatoms. The van der Waals surface area contributed by atoms with Gasteiger partial charge in [-0.25, -0.2) is 4.98 Å². The summed E-state index contributed by atoms with van der Waals surface area (Å²) in [4.78, 5) is 30.2. The Bertz CT molecular complexity index is 1110. The molecule has 0 spiro atoms. The highest BCUT2D eigenvalue weighted by atomic mass is 35.5. The molecule has 31 heavy (non-hydrogen) atoms. The Morgan fingerprint density at radius 3 is 2.58 bits per heavy atom. The van der Waals surface area contributed by atoms with E-state index in [9.17, 15) is 9.59 Å². The molecular weight excluding hydrogens is 479 g/mol. The third-order valence-electron chi connectivity index (χ3n) is 4.36. The van der Waals surface area contributed by atoms with Crippen LogP contribution in [0, 0.1) is 13.8 Å². The molecule has 3 rings (SSSR count). The molecule has 3 aromatic rings. The maximum atomic E-state index is 12.5. The predicted molar refractivity (Wildman–Crippen MR) is 125 cm³/mol. The first-order valence-electron chi connectivity index (χ1n) is 9.18. The Balaban J connectivity index is 1.59. The monoisotopic (exact) mass is 498 g/mol. The second kappa shape index (κ2) is 9.99. The smallest absolute Gasteiger partial charge is 0.239 e. The average Bonchev–Trinajstić information content (AvgIpc) is 3.20. The Labute approximate surface area is 197 Å². The highest BCUT2D eigenvalue weighted by Gasteiger charge is 2.21. The number of aryl methyl sites for hydroxylation is 2. The number of hydrogen-bond acceptors (Lipinski definition) is 7. The van der Waals surface area contributed by atoms with Gasteiger partial charge in [0.1, 0.15) is 5.82 Å². The van der Waals surface area contributed by atoms with Gasteiger partial charge in [0.15, 0.2) is 10.3 Å². The van der Waals surface area contributed by atoms with Crippen molar-refractivity contribution in [3.05, 3.63) is 44.6 Å². The zero-order valence-corrected chi connectivity index (χ0v) is 20.3. The van der Waals surface area contributed by atoms with E-state index in [-0.39, 0.29) is 18.2 Å². The van der Waals surface area contributed by atoms with Crippen LogP contribution in [0.25, 0.3) is 0 Å². The van der Waals surface area contributed by atoms with Crippen LogP contribution in [0.5, 0.6) is 0 Å². The summed E-state index contributed by atoms with van der Waals surface area (Å²) >= 11 is 14.6. The van der Waals surface area contributed by atoms with E-state index >= 15 is 0 Å². The van der Waals surface area contributed by atoms with Gasteiger partial charge in [-0.3, -0.25) is 9.59 Å². The fourth-order valence-corrected chi connectivity index (χ4v) is 4.42. The number of amides is 2. The van der Waals surface area contributed by atoms with Crippen LogP contribution in [-0.4, -0.2) is 36.8 Å². The molecule has 2 N–H and O–H groups in total. The average molecular weight is 499 g/mol. The molecule has 0 bridgehead atoms. The lowest BCUT2D eigenvalue weighted by atomic mass is 10.3. The van der Waals surface area contributed by atoms with Crippen LogP contribution in [0.4, 0.5) is 10.8 Å². The van der Waals surface area contributed by atoms with Crippen molar-refractivity contribution in [2.45, 2.75) is 37.6 Å². The van der Waals surface area contributed by atoms with Crippen LogP contribution in [0.2, 0.25) is 10.0 Å². The number of carbonyl (C=O) groups is 2. The molecule has 0 saturated heterocycles. The van der Waals surface area contributed by atoms with Gasteiger partial charge in [-0.2, -0.15) is 0 Å². The molecule has 0 unspecified atom stereocenters. The van der Waals surface area contributed by atoms with Crippen LogP contribution in [0.15, 0.2) is 23.4 Å². The normalized spacial score (nSPS) is 11.9. The van der Waals surface area contributed by atoms with Crippen molar-refractivity contribution in [3.8, 4) is 0 Å². The number of thioether (sulfide) groups is 1. The van der Waals surface area contributed by atoms with Crippen LogP contribution < -0.4 is 10.6 Å². The Morgan fingerprint density at radius 2 is 1.94 bits per heavy atom. The molecule has 2 amide bonds. The minimum absolute atomic E-state index is 0.0164. The van der Waals surface area contributed by atoms with E-state index < -0.39 is 5.25 Å². The highest BCUT2D eigenvalue weighted by Crippen LogP contribution is 2.26. The fourth-order valence-electron chi connectivity index (χ4n) is 2.47. The molecule has 164 valence electrons. The Kier molecular flexibility index (Phi) is 7.58. The van der Waals surface area contributed by atoms with Crippen molar-refractivity contribution in [2.75, 3.05) is 10.6 Å². The number of carbonyl (C=O) groups excluding carboxylic acids is 2. The number of nitrogens with one attached hydrogen (secondary N) is 2. The third-order valence-corrected chi connectivity index (χ3v) is 7.22.